The van der Waals surface area contributed by atoms with Gasteiger partial charge in [-0.1, -0.05) is 44.5 Å². The third-order valence-electron chi connectivity index (χ3n) is 3.15. The van der Waals surface area contributed by atoms with Crippen molar-refractivity contribution in [2.24, 2.45) is 5.41 Å². The summed E-state index contributed by atoms with van der Waals surface area (Å²) in [4.78, 5) is 24.2. The fourth-order valence-electron chi connectivity index (χ4n) is 1.83. The van der Waals surface area contributed by atoms with E-state index < -0.39 is 5.41 Å². The van der Waals surface area contributed by atoms with Crippen LogP contribution in [-0.2, 0) is 4.79 Å². The molecule has 0 aliphatic carbocycles. The summed E-state index contributed by atoms with van der Waals surface area (Å²) in [5.74, 6) is -0.345. The monoisotopic (exact) mass is 330 g/mol. The third-order valence-corrected chi connectivity index (χ3v) is 3.38. The highest BCUT2D eigenvalue weighted by atomic mass is 35.5. The number of halogens is 1. The Morgan fingerprint density at radius 2 is 1.52 bits per heavy atom. The summed E-state index contributed by atoms with van der Waals surface area (Å²) < 4.78 is 0. The lowest BCUT2D eigenvalue weighted by atomic mass is 9.95. The molecule has 4 nitrogen and oxygen atoms in total. The van der Waals surface area contributed by atoms with Crippen LogP contribution in [-0.4, -0.2) is 11.8 Å². The zero-order valence-electron chi connectivity index (χ0n) is 13.3. The Morgan fingerprint density at radius 1 is 0.913 bits per heavy atom. The highest BCUT2D eigenvalue weighted by molar-refractivity contribution is 6.31. The number of hydrogen-bond acceptors (Lipinski definition) is 2. The lowest BCUT2D eigenvalue weighted by molar-refractivity contribution is -0.123. The molecule has 0 bridgehead atoms. The molecule has 0 atom stereocenters. The first-order chi connectivity index (χ1) is 10.8. The number of nitrogens with one attached hydrogen (secondary N) is 2. The number of benzene rings is 2. The Kier molecular flexibility index (Phi) is 5.06. The molecule has 120 valence electrons. The van der Waals surface area contributed by atoms with Gasteiger partial charge in [0.05, 0.1) is 0 Å². The van der Waals surface area contributed by atoms with Crippen molar-refractivity contribution < 1.29 is 9.59 Å². The summed E-state index contributed by atoms with van der Waals surface area (Å²) in [6.45, 7) is 5.52. The minimum absolute atomic E-state index is 0.0872. The van der Waals surface area contributed by atoms with Gasteiger partial charge < -0.3 is 10.6 Å². The number of carbonyl (C=O) groups is 2. The summed E-state index contributed by atoms with van der Waals surface area (Å²) >= 11 is 5.89. The topological polar surface area (TPSA) is 58.2 Å². The standard InChI is InChI=1S/C18H19ClN2O2/c1-18(2,3)17(23)21-15-9-5-8-14(11-15)20-16(22)12-6-4-7-13(19)10-12/h4-11H,1-3H3,(H,20,22)(H,21,23). The molecular weight excluding hydrogens is 312 g/mol. The maximum Gasteiger partial charge on any atom is 0.255 e. The van der Waals surface area contributed by atoms with Gasteiger partial charge in [-0.25, -0.2) is 0 Å². The van der Waals surface area contributed by atoms with Crippen LogP contribution < -0.4 is 10.6 Å². The highest BCUT2D eigenvalue weighted by Crippen LogP contribution is 2.20. The Labute approximate surface area is 140 Å². The normalized spacial score (nSPS) is 11.0. The second-order valence-corrected chi connectivity index (χ2v) is 6.69. The Hall–Kier alpha value is -2.33. The van der Waals surface area contributed by atoms with Gasteiger partial charge in [-0.3, -0.25) is 9.59 Å². The average molecular weight is 331 g/mol. The van der Waals surface area contributed by atoms with Gasteiger partial charge >= 0.3 is 0 Å². The van der Waals surface area contributed by atoms with Crippen molar-refractivity contribution >= 4 is 34.8 Å². The van der Waals surface area contributed by atoms with Crippen molar-refractivity contribution in [1.29, 1.82) is 0 Å². The van der Waals surface area contributed by atoms with Crippen LogP contribution in [0, 0.1) is 5.41 Å². The van der Waals surface area contributed by atoms with Crippen molar-refractivity contribution in [2.75, 3.05) is 10.6 Å². The average Bonchev–Trinajstić information content (AvgIpc) is 2.46. The first kappa shape index (κ1) is 17.0. The lowest BCUT2D eigenvalue weighted by Crippen LogP contribution is -2.27. The molecular formula is C18H19ClN2O2. The predicted octanol–water partition coefficient (Wildman–Crippen LogP) is 4.58. The minimum atomic E-state index is -0.486. The van der Waals surface area contributed by atoms with E-state index in [2.05, 4.69) is 10.6 Å². The molecule has 0 spiro atoms. The fourth-order valence-corrected chi connectivity index (χ4v) is 2.02. The van der Waals surface area contributed by atoms with E-state index in [0.717, 1.165) is 0 Å². The lowest BCUT2D eigenvalue weighted by Gasteiger charge is -2.18. The fraction of sp³-hybridized carbons (Fsp3) is 0.222. The zero-order valence-corrected chi connectivity index (χ0v) is 14.1. The summed E-state index contributed by atoms with van der Waals surface area (Å²) in [7, 11) is 0. The molecule has 2 amide bonds. The number of amides is 2. The molecule has 0 aliphatic rings. The molecule has 0 saturated carbocycles. The number of carbonyl (C=O) groups excluding carboxylic acids is 2. The smallest absolute Gasteiger partial charge is 0.255 e. The first-order valence-electron chi connectivity index (χ1n) is 7.24. The van der Waals surface area contributed by atoms with Crippen molar-refractivity contribution in [2.45, 2.75) is 20.8 Å². The van der Waals surface area contributed by atoms with Gasteiger partial charge in [0.2, 0.25) is 5.91 Å². The van der Waals surface area contributed by atoms with E-state index in [0.29, 0.717) is 22.0 Å². The number of anilines is 2. The highest BCUT2D eigenvalue weighted by Gasteiger charge is 2.21. The van der Waals surface area contributed by atoms with Crippen LogP contribution in [0.15, 0.2) is 48.5 Å². The van der Waals surface area contributed by atoms with E-state index in [-0.39, 0.29) is 11.8 Å². The van der Waals surface area contributed by atoms with Crippen LogP contribution in [0.2, 0.25) is 5.02 Å². The zero-order chi connectivity index (χ0) is 17.0. The molecule has 2 aromatic rings. The van der Waals surface area contributed by atoms with E-state index in [1.807, 2.05) is 20.8 Å². The summed E-state index contributed by atoms with van der Waals surface area (Å²) in [5, 5.41) is 6.13. The summed E-state index contributed by atoms with van der Waals surface area (Å²) in [6.07, 6.45) is 0. The molecule has 5 heteroatoms. The summed E-state index contributed by atoms with van der Waals surface area (Å²) in [6, 6.07) is 13.7. The molecule has 2 N–H and O–H groups in total. The second kappa shape index (κ2) is 6.84. The second-order valence-electron chi connectivity index (χ2n) is 6.25. The maximum atomic E-state index is 12.2. The predicted molar refractivity (Wildman–Crippen MR) is 93.9 cm³/mol. The molecule has 2 aromatic carbocycles. The van der Waals surface area contributed by atoms with Gasteiger partial charge in [-0.2, -0.15) is 0 Å². The van der Waals surface area contributed by atoms with Gasteiger partial charge in [0.25, 0.3) is 5.91 Å². The van der Waals surface area contributed by atoms with Gasteiger partial charge in [0.15, 0.2) is 0 Å². The van der Waals surface area contributed by atoms with E-state index >= 15 is 0 Å². The first-order valence-corrected chi connectivity index (χ1v) is 7.62. The van der Waals surface area contributed by atoms with Crippen molar-refractivity contribution in [3.05, 3.63) is 59.1 Å². The van der Waals surface area contributed by atoms with E-state index in [4.69, 9.17) is 11.6 Å². The molecule has 0 aliphatic heterocycles. The van der Waals surface area contributed by atoms with Crippen LogP contribution in [0.3, 0.4) is 0 Å². The van der Waals surface area contributed by atoms with Crippen LogP contribution in [0.1, 0.15) is 31.1 Å². The van der Waals surface area contributed by atoms with Crippen molar-refractivity contribution in [3.8, 4) is 0 Å². The number of hydrogen-bond donors (Lipinski definition) is 2. The van der Waals surface area contributed by atoms with Crippen LogP contribution in [0.25, 0.3) is 0 Å². The van der Waals surface area contributed by atoms with Crippen LogP contribution >= 0.6 is 11.6 Å². The molecule has 0 radical (unpaired) electrons. The van der Waals surface area contributed by atoms with Crippen molar-refractivity contribution in [3.63, 3.8) is 0 Å². The van der Waals surface area contributed by atoms with Crippen molar-refractivity contribution in [1.82, 2.24) is 0 Å². The SMILES string of the molecule is CC(C)(C)C(=O)Nc1cccc(NC(=O)c2cccc(Cl)c2)c1. The Bertz CT molecular complexity index is 736. The molecule has 0 aromatic heterocycles. The largest absolute Gasteiger partial charge is 0.326 e. The van der Waals surface area contributed by atoms with E-state index in [1.54, 1.807) is 48.5 Å². The van der Waals surface area contributed by atoms with Gasteiger partial charge in [0.1, 0.15) is 0 Å². The quantitative estimate of drug-likeness (QED) is 0.865. The van der Waals surface area contributed by atoms with E-state index in [9.17, 15) is 9.59 Å². The van der Waals surface area contributed by atoms with E-state index in [1.165, 1.54) is 0 Å². The molecule has 0 fully saturated rings. The Morgan fingerprint density at radius 3 is 2.13 bits per heavy atom. The molecule has 0 heterocycles. The van der Waals surface area contributed by atoms with Crippen LogP contribution in [0.4, 0.5) is 11.4 Å². The third kappa shape index (κ3) is 4.83. The van der Waals surface area contributed by atoms with Gasteiger partial charge in [-0.05, 0) is 36.4 Å². The molecule has 23 heavy (non-hydrogen) atoms. The maximum absolute atomic E-state index is 12.2. The molecule has 0 saturated heterocycles. The summed E-state index contributed by atoms with van der Waals surface area (Å²) in [5.41, 5.74) is 1.22. The van der Waals surface area contributed by atoms with Crippen LogP contribution in [0.5, 0.6) is 0 Å². The van der Waals surface area contributed by atoms with Gasteiger partial charge in [0, 0.05) is 27.4 Å². The molecule has 2 rings (SSSR count). The minimum Gasteiger partial charge on any atom is -0.326 e. The Balaban J connectivity index is 2.11. The van der Waals surface area contributed by atoms with Gasteiger partial charge in [-0.15, -0.1) is 0 Å². The molecule has 0 unspecified atom stereocenters. The number of rotatable bonds is 3.